The van der Waals surface area contributed by atoms with E-state index < -0.39 is 5.60 Å². The second-order valence-corrected chi connectivity index (χ2v) is 10.4. The average Bonchev–Trinajstić information content (AvgIpc) is 2.85. The molecule has 2 nitrogen and oxygen atoms in total. The van der Waals surface area contributed by atoms with Gasteiger partial charge in [0.05, 0.1) is 5.60 Å². The Balaban J connectivity index is 1.57. The third-order valence-electron chi connectivity index (χ3n) is 9.37. The quantitative estimate of drug-likeness (QED) is 0.746. The van der Waals surface area contributed by atoms with E-state index in [0.717, 1.165) is 42.4 Å². The summed E-state index contributed by atoms with van der Waals surface area (Å²) in [5.41, 5.74) is -0.171. The van der Waals surface area contributed by atoms with Crippen molar-refractivity contribution in [3.05, 3.63) is 0 Å². The Bertz CT molecular complexity index is 524. The summed E-state index contributed by atoms with van der Waals surface area (Å²) in [6.45, 7) is 8.58. The van der Waals surface area contributed by atoms with Crippen LogP contribution in [0.15, 0.2) is 0 Å². The molecule has 4 saturated carbocycles. The van der Waals surface area contributed by atoms with Crippen LogP contribution in [-0.4, -0.2) is 16.5 Å². The number of hydrogen-bond donors (Lipinski definition) is 1. The molecule has 0 aromatic heterocycles. The van der Waals surface area contributed by atoms with Crippen molar-refractivity contribution >= 4 is 5.78 Å². The minimum Gasteiger partial charge on any atom is -0.390 e. The molecule has 2 heteroatoms. The summed E-state index contributed by atoms with van der Waals surface area (Å²) in [5, 5.41) is 10.7. The number of aliphatic hydroxyl groups is 1. The van der Waals surface area contributed by atoms with Crippen molar-refractivity contribution in [3.8, 4) is 0 Å². The fraction of sp³-hybridized carbons (Fsp3) is 0.955. The van der Waals surface area contributed by atoms with E-state index in [1.165, 1.54) is 38.5 Å². The molecule has 4 fully saturated rings. The number of rotatable bonds is 1. The van der Waals surface area contributed by atoms with Gasteiger partial charge in [0.2, 0.25) is 0 Å². The van der Waals surface area contributed by atoms with Gasteiger partial charge in [0.1, 0.15) is 5.78 Å². The molecule has 24 heavy (non-hydrogen) atoms. The van der Waals surface area contributed by atoms with Crippen LogP contribution in [-0.2, 0) is 4.79 Å². The van der Waals surface area contributed by atoms with E-state index in [1.807, 2.05) is 6.92 Å². The molecule has 9 unspecified atom stereocenters. The van der Waals surface area contributed by atoms with E-state index >= 15 is 0 Å². The second kappa shape index (κ2) is 5.56. The van der Waals surface area contributed by atoms with Gasteiger partial charge in [-0.25, -0.2) is 0 Å². The summed E-state index contributed by atoms with van der Waals surface area (Å²) >= 11 is 0. The van der Waals surface area contributed by atoms with E-state index in [0.29, 0.717) is 17.6 Å². The second-order valence-electron chi connectivity index (χ2n) is 10.4. The predicted molar refractivity (Wildman–Crippen MR) is 96.5 cm³/mol. The highest BCUT2D eigenvalue weighted by Crippen LogP contribution is 2.65. The van der Waals surface area contributed by atoms with Crippen molar-refractivity contribution in [2.75, 3.05) is 0 Å². The summed E-state index contributed by atoms with van der Waals surface area (Å²) < 4.78 is 0. The lowest BCUT2D eigenvalue weighted by Crippen LogP contribution is -2.52. The number of fused-ring (bicyclic) bond motifs is 5. The Labute approximate surface area is 147 Å². The van der Waals surface area contributed by atoms with E-state index in [4.69, 9.17) is 0 Å². The van der Waals surface area contributed by atoms with Crippen molar-refractivity contribution in [2.24, 2.45) is 46.8 Å². The van der Waals surface area contributed by atoms with Crippen molar-refractivity contribution < 1.29 is 9.90 Å². The summed E-state index contributed by atoms with van der Waals surface area (Å²) in [7, 11) is 0. The molecule has 0 aliphatic heterocycles. The van der Waals surface area contributed by atoms with Gasteiger partial charge in [-0.1, -0.05) is 13.8 Å². The zero-order valence-electron chi connectivity index (χ0n) is 16.1. The zero-order valence-corrected chi connectivity index (χ0v) is 16.1. The van der Waals surface area contributed by atoms with Gasteiger partial charge in [-0.15, -0.1) is 0 Å². The molecule has 9 atom stereocenters. The van der Waals surface area contributed by atoms with Gasteiger partial charge in [0.15, 0.2) is 0 Å². The highest BCUT2D eigenvalue weighted by Gasteiger charge is 2.58. The van der Waals surface area contributed by atoms with E-state index in [1.54, 1.807) is 0 Å². The topological polar surface area (TPSA) is 37.3 Å². The lowest BCUT2D eigenvalue weighted by Gasteiger charge is -2.58. The fourth-order valence-electron chi connectivity index (χ4n) is 7.92. The zero-order chi connectivity index (χ0) is 17.3. The minimum atomic E-state index is -0.454. The number of Topliss-reactive ketones (excluding diaryl/α,β-unsaturated/α-hetero) is 1. The van der Waals surface area contributed by atoms with Crippen molar-refractivity contribution in [3.63, 3.8) is 0 Å². The first kappa shape index (κ1) is 17.1. The molecule has 4 aliphatic carbocycles. The maximum atomic E-state index is 12.2. The van der Waals surface area contributed by atoms with Crippen LogP contribution in [0, 0.1) is 46.8 Å². The van der Waals surface area contributed by atoms with Gasteiger partial charge in [-0.3, -0.25) is 4.79 Å². The third kappa shape index (κ3) is 2.35. The number of carbonyl (C=O) groups is 1. The number of hydrogen-bond acceptors (Lipinski definition) is 2. The predicted octanol–water partition coefficient (Wildman–Crippen LogP) is 4.84. The summed E-state index contributed by atoms with van der Waals surface area (Å²) in [6, 6.07) is 0. The highest BCUT2D eigenvalue weighted by atomic mass is 16.3. The third-order valence-corrected chi connectivity index (χ3v) is 9.37. The Morgan fingerprint density at radius 1 is 1.00 bits per heavy atom. The first-order chi connectivity index (χ1) is 11.2. The largest absolute Gasteiger partial charge is 0.390 e. The first-order valence-corrected chi connectivity index (χ1v) is 10.5. The molecule has 0 spiro atoms. The van der Waals surface area contributed by atoms with Crippen LogP contribution in [0.5, 0.6) is 0 Å². The summed E-state index contributed by atoms with van der Waals surface area (Å²) in [5.74, 6) is 5.27. The maximum absolute atomic E-state index is 12.2. The van der Waals surface area contributed by atoms with E-state index in [2.05, 4.69) is 20.8 Å². The van der Waals surface area contributed by atoms with E-state index in [9.17, 15) is 9.90 Å². The van der Waals surface area contributed by atoms with Crippen LogP contribution in [0.25, 0.3) is 0 Å². The van der Waals surface area contributed by atoms with Gasteiger partial charge in [-0.05, 0) is 106 Å². The fourth-order valence-corrected chi connectivity index (χ4v) is 7.92. The van der Waals surface area contributed by atoms with Crippen LogP contribution in [0.4, 0.5) is 0 Å². The maximum Gasteiger partial charge on any atom is 0.133 e. The van der Waals surface area contributed by atoms with Crippen LogP contribution in [0.1, 0.15) is 79.1 Å². The molecule has 4 rings (SSSR count). The molecule has 0 amide bonds. The van der Waals surface area contributed by atoms with Gasteiger partial charge >= 0.3 is 0 Å². The molecule has 0 aromatic carbocycles. The summed E-state index contributed by atoms with van der Waals surface area (Å²) in [4.78, 5) is 12.2. The molecular weight excluding hydrogens is 296 g/mol. The standard InChI is InChI=1S/C22H36O2/c1-13-11-18-15(12-22(13,4)24)5-6-17-16(18)9-10-21(3)19(14(2)23)7-8-20(17)21/h13,15-20,24H,5-12H2,1-4H3. The smallest absolute Gasteiger partial charge is 0.133 e. The molecule has 0 heterocycles. The molecule has 0 saturated heterocycles. The Kier molecular flexibility index (Phi) is 3.95. The SMILES string of the molecule is CC(=O)C1CCC2C3CCC4CC(C)(O)C(C)CC4C3CCC12C. The van der Waals surface area contributed by atoms with Crippen molar-refractivity contribution in [1.82, 2.24) is 0 Å². The molecule has 1 N–H and O–H groups in total. The molecule has 0 radical (unpaired) electrons. The Morgan fingerprint density at radius 2 is 1.75 bits per heavy atom. The molecular formula is C22H36O2. The molecule has 0 aromatic rings. The monoisotopic (exact) mass is 332 g/mol. The van der Waals surface area contributed by atoms with Crippen LogP contribution >= 0.6 is 0 Å². The van der Waals surface area contributed by atoms with Gasteiger partial charge in [-0.2, -0.15) is 0 Å². The Morgan fingerprint density at radius 3 is 2.46 bits per heavy atom. The highest BCUT2D eigenvalue weighted by molar-refractivity contribution is 5.79. The van der Waals surface area contributed by atoms with E-state index in [-0.39, 0.29) is 5.41 Å². The lowest BCUT2D eigenvalue weighted by molar-refractivity contribution is -0.134. The van der Waals surface area contributed by atoms with Gasteiger partial charge < -0.3 is 5.11 Å². The lowest BCUT2D eigenvalue weighted by atomic mass is 9.48. The molecule has 0 bridgehead atoms. The Hall–Kier alpha value is -0.370. The number of ketones is 1. The first-order valence-electron chi connectivity index (χ1n) is 10.5. The van der Waals surface area contributed by atoms with Crippen molar-refractivity contribution in [1.29, 1.82) is 0 Å². The average molecular weight is 333 g/mol. The number of carbonyl (C=O) groups excluding carboxylic acids is 1. The molecule has 136 valence electrons. The van der Waals surface area contributed by atoms with Gasteiger partial charge in [0, 0.05) is 5.92 Å². The van der Waals surface area contributed by atoms with Crippen LogP contribution in [0.3, 0.4) is 0 Å². The van der Waals surface area contributed by atoms with Gasteiger partial charge in [0.25, 0.3) is 0 Å². The molecule has 4 aliphatic rings. The van der Waals surface area contributed by atoms with Crippen molar-refractivity contribution in [2.45, 2.75) is 84.7 Å². The van der Waals surface area contributed by atoms with Crippen LogP contribution < -0.4 is 0 Å². The minimum absolute atomic E-state index is 0.283. The normalized spacial score (nSPS) is 57.0. The summed E-state index contributed by atoms with van der Waals surface area (Å²) in [6.07, 6.45) is 9.91. The van der Waals surface area contributed by atoms with Crippen LogP contribution in [0.2, 0.25) is 0 Å².